The van der Waals surface area contributed by atoms with E-state index >= 15 is 0 Å². The van der Waals surface area contributed by atoms with Crippen LogP contribution in [0.25, 0.3) is 0 Å². The van der Waals surface area contributed by atoms with Gasteiger partial charge in [0.05, 0.1) is 6.42 Å². The molecule has 2 heterocycles. The SMILES string of the molecule is O=C(Cc1cccs1)NC1(C(=O)O)CCOCC1. The number of aliphatic carboxylic acids is 1. The maximum Gasteiger partial charge on any atom is 0.329 e. The lowest BCUT2D eigenvalue weighted by atomic mass is 9.90. The molecule has 1 amide bonds. The predicted molar refractivity (Wildman–Crippen MR) is 66.6 cm³/mol. The van der Waals surface area contributed by atoms with E-state index in [9.17, 15) is 14.7 Å². The van der Waals surface area contributed by atoms with E-state index < -0.39 is 11.5 Å². The minimum atomic E-state index is -1.16. The lowest BCUT2D eigenvalue weighted by Crippen LogP contribution is -2.57. The Kier molecular flexibility index (Phi) is 3.98. The molecule has 0 atom stereocenters. The molecule has 1 aromatic rings. The van der Waals surface area contributed by atoms with Gasteiger partial charge < -0.3 is 15.2 Å². The van der Waals surface area contributed by atoms with Crippen molar-refractivity contribution in [3.63, 3.8) is 0 Å². The average Bonchev–Trinajstić information content (AvgIpc) is 2.82. The van der Waals surface area contributed by atoms with Crippen LogP contribution in [0.3, 0.4) is 0 Å². The Balaban J connectivity index is 2.00. The van der Waals surface area contributed by atoms with Crippen molar-refractivity contribution in [2.24, 2.45) is 0 Å². The number of hydrogen-bond acceptors (Lipinski definition) is 4. The molecule has 0 aliphatic carbocycles. The Morgan fingerprint density at radius 1 is 1.44 bits per heavy atom. The van der Waals surface area contributed by atoms with Crippen molar-refractivity contribution >= 4 is 23.2 Å². The van der Waals surface area contributed by atoms with Gasteiger partial charge in [-0.2, -0.15) is 0 Å². The Hall–Kier alpha value is -1.40. The van der Waals surface area contributed by atoms with E-state index in [0.29, 0.717) is 26.1 Å². The lowest BCUT2D eigenvalue weighted by molar-refractivity contribution is -0.152. The number of thiophene rings is 1. The minimum Gasteiger partial charge on any atom is -0.480 e. The van der Waals surface area contributed by atoms with Gasteiger partial charge in [-0.05, 0) is 11.4 Å². The summed E-state index contributed by atoms with van der Waals surface area (Å²) < 4.78 is 5.15. The topological polar surface area (TPSA) is 75.6 Å². The maximum absolute atomic E-state index is 11.9. The second kappa shape index (κ2) is 5.49. The number of rotatable bonds is 4. The van der Waals surface area contributed by atoms with Crippen LogP contribution < -0.4 is 5.32 Å². The quantitative estimate of drug-likeness (QED) is 0.856. The molecule has 1 aliphatic heterocycles. The van der Waals surface area contributed by atoms with Crippen LogP contribution in [0.4, 0.5) is 0 Å². The van der Waals surface area contributed by atoms with Crippen LogP contribution in [0.5, 0.6) is 0 Å². The van der Waals surface area contributed by atoms with Crippen LogP contribution in [0.2, 0.25) is 0 Å². The highest BCUT2D eigenvalue weighted by Crippen LogP contribution is 2.21. The molecule has 0 radical (unpaired) electrons. The summed E-state index contributed by atoms with van der Waals surface area (Å²) in [6.07, 6.45) is 0.866. The standard InChI is InChI=1S/C12H15NO4S/c14-10(8-9-2-1-7-18-9)13-12(11(15)16)3-5-17-6-4-12/h1-2,7H,3-6,8H2,(H,13,14)(H,15,16). The van der Waals surface area contributed by atoms with Crippen molar-refractivity contribution in [3.05, 3.63) is 22.4 Å². The monoisotopic (exact) mass is 269 g/mol. The van der Waals surface area contributed by atoms with Crippen LogP contribution in [-0.4, -0.2) is 35.7 Å². The van der Waals surface area contributed by atoms with Crippen molar-refractivity contribution in [2.75, 3.05) is 13.2 Å². The first-order chi connectivity index (χ1) is 8.62. The third-order valence-corrected chi connectivity index (χ3v) is 3.93. The van der Waals surface area contributed by atoms with Crippen molar-refractivity contribution in [3.8, 4) is 0 Å². The molecule has 1 aromatic heterocycles. The first kappa shape index (κ1) is 13.0. The fraction of sp³-hybridized carbons (Fsp3) is 0.500. The fourth-order valence-electron chi connectivity index (χ4n) is 1.99. The van der Waals surface area contributed by atoms with Crippen LogP contribution in [0, 0.1) is 0 Å². The number of carbonyl (C=O) groups excluding carboxylic acids is 1. The first-order valence-electron chi connectivity index (χ1n) is 5.77. The molecule has 1 saturated heterocycles. The minimum absolute atomic E-state index is 0.230. The Bertz CT molecular complexity index is 423. The largest absolute Gasteiger partial charge is 0.480 e. The molecule has 1 fully saturated rings. The van der Waals surface area contributed by atoms with Gasteiger partial charge in [-0.1, -0.05) is 6.07 Å². The van der Waals surface area contributed by atoms with Crippen LogP contribution in [0.15, 0.2) is 17.5 Å². The zero-order valence-corrected chi connectivity index (χ0v) is 10.7. The highest BCUT2D eigenvalue weighted by atomic mass is 32.1. The molecule has 98 valence electrons. The van der Waals surface area contributed by atoms with Gasteiger partial charge in [0.1, 0.15) is 5.54 Å². The van der Waals surface area contributed by atoms with Crippen LogP contribution >= 0.6 is 11.3 Å². The van der Waals surface area contributed by atoms with Crippen molar-refractivity contribution < 1.29 is 19.4 Å². The Morgan fingerprint density at radius 3 is 2.72 bits per heavy atom. The summed E-state index contributed by atoms with van der Waals surface area (Å²) in [5, 5.41) is 13.8. The normalized spacial score (nSPS) is 18.2. The third-order valence-electron chi connectivity index (χ3n) is 3.05. The van der Waals surface area contributed by atoms with E-state index in [0.717, 1.165) is 4.88 Å². The number of ether oxygens (including phenoxy) is 1. The second-order valence-electron chi connectivity index (χ2n) is 4.30. The van der Waals surface area contributed by atoms with Gasteiger partial charge in [0.15, 0.2) is 0 Å². The summed E-state index contributed by atoms with van der Waals surface area (Å²) >= 11 is 1.49. The van der Waals surface area contributed by atoms with Crippen molar-refractivity contribution in [2.45, 2.75) is 24.8 Å². The number of nitrogens with one attached hydrogen (secondary N) is 1. The highest BCUT2D eigenvalue weighted by molar-refractivity contribution is 7.10. The van der Waals surface area contributed by atoms with Gasteiger partial charge in [-0.15, -0.1) is 11.3 Å². The van der Waals surface area contributed by atoms with E-state index in [1.807, 2.05) is 17.5 Å². The number of hydrogen-bond donors (Lipinski definition) is 2. The van der Waals surface area contributed by atoms with E-state index in [1.54, 1.807) is 0 Å². The summed E-state index contributed by atoms with van der Waals surface area (Å²) in [5.74, 6) is -1.23. The number of carbonyl (C=O) groups is 2. The summed E-state index contributed by atoms with van der Waals surface area (Å²) in [5.41, 5.74) is -1.16. The first-order valence-corrected chi connectivity index (χ1v) is 6.65. The second-order valence-corrected chi connectivity index (χ2v) is 5.34. The maximum atomic E-state index is 11.9. The van der Waals surface area contributed by atoms with Gasteiger partial charge in [0.2, 0.25) is 5.91 Å². The van der Waals surface area contributed by atoms with E-state index in [2.05, 4.69) is 5.32 Å². The van der Waals surface area contributed by atoms with Crippen LogP contribution in [0.1, 0.15) is 17.7 Å². The van der Waals surface area contributed by atoms with Gasteiger partial charge in [0.25, 0.3) is 0 Å². The molecule has 2 rings (SSSR count). The lowest BCUT2D eigenvalue weighted by Gasteiger charge is -2.33. The fourth-order valence-corrected chi connectivity index (χ4v) is 2.70. The van der Waals surface area contributed by atoms with Gasteiger partial charge in [-0.3, -0.25) is 4.79 Å². The smallest absolute Gasteiger partial charge is 0.329 e. The Labute approximate surface area is 109 Å². The molecule has 0 saturated carbocycles. The third kappa shape index (κ3) is 2.88. The summed E-state index contributed by atoms with van der Waals surface area (Å²) in [6, 6.07) is 3.73. The molecule has 18 heavy (non-hydrogen) atoms. The summed E-state index contributed by atoms with van der Waals surface area (Å²) in [6.45, 7) is 0.733. The van der Waals surface area contributed by atoms with E-state index in [-0.39, 0.29) is 12.3 Å². The molecule has 0 bridgehead atoms. The summed E-state index contributed by atoms with van der Waals surface area (Å²) in [7, 11) is 0. The predicted octanol–water partition coefficient (Wildman–Crippen LogP) is 1.04. The van der Waals surface area contributed by atoms with Crippen molar-refractivity contribution in [1.82, 2.24) is 5.32 Å². The van der Waals surface area contributed by atoms with Crippen molar-refractivity contribution in [1.29, 1.82) is 0 Å². The molecule has 0 spiro atoms. The number of carboxylic acid groups (broad SMARTS) is 1. The molecule has 5 nitrogen and oxygen atoms in total. The number of carboxylic acids is 1. The zero-order valence-electron chi connectivity index (χ0n) is 9.85. The van der Waals surface area contributed by atoms with E-state index in [4.69, 9.17) is 4.74 Å². The average molecular weight is 269 g/mol. The molecule has 0 unspecified atom stereocenters. The van der Waals surface area contributed by atoms with Gasteiger partial charge in [0, 0.05) is 30.9 Å². The molecular weight excluding hydrogens is 254 g/mol. The molecule has 6 heteroatoms. The molecular formula is C12H15NO4S. The molecule has 0 aromatic carbocycles. The molecule has 1 aliphatic rings. The van der Waals surface area contributed by atoms with E-state index in [1.165, 1.54) is 11.3 Å². The highest BCUT2D eigenvalue weighted by Gasteiger charge is 2.41. The molecule has 2 N–H and O–H groups in total. The summed E-state index contributed by atoms with van der Waals surface area (Å²) in [4.78, 5) is 24.2. The zero-order chi connectivity index (χ0) is 13.0. The Morgan fingerprint density at radius 2 is 2.17 bits per heavy atom. The van der Waals surface area contributed by atoms with Gasteiger partial charge in [-0.25, -0.2) is 4.79 Å². The van der Waals surface area contributed by atoms with Crippen LogP contribution in [-0.2, 0) is 20.7 Å². The van der Waals surface area contributed by atoms with Gasteiger partial charge >= 0.3 is 5.97 Å². The number of amides is 1.